The largest absolute Gasteiger partial charge is 0.380 e. The molecule has 3 fully saturated rings. The number of nitrogens with zero attached hydrogens (tertiary/aromatic N) is 2. The fourth-order valence-electron chi connectivity index (χ4n) is 4.90. The molecular formula is C22H32N2O2. The summed E-state index contributed by atoms with van der Waals surface area (Å²) < 4.78 is 5.79. The lowest BCUT2D eigenvalue weighted by atomic mass is 9.84. The number of hydrogen-bond acceptors (Lipinski definition) is 3. The van der Waals surface area contributed by atoms with Crippen molar-refractivity contribution in [1.82, 2.24) is 9.80 Å². The van der Waals surface area contributed by atoms with Crippen LogP contribution in [0.15, 0.2) is 30.3 Å². The number of benzene rings is 1. The Morgan fingerprint density at radius 1 is 1.12 bits per heavy atom. The van der Waals surface area contributed by atoms with E-state index in [2.05, 4.69) is 16.7 Å². The summed E-state index contributed by atoms with van der Waals surface area (Å²) >= 11 is 0. The van der Waals surface area contributed by atoms with Gasteiger partial charge in [-0.2, -0.15) is 0 Å². The molecule has 0 radical (unpaired) electrons. The molecule has 0 bridgehead atoms. The van der Waals surface area contributed by atoms with Crippen LogP contribution in [-0.2, 0) is 4.74 Å². The van der Waals surface area contributed by atoms with Gasteiger partial charge in [0.25, 0.3) is 5.91 Å². The first kappa shape index (κ1) is 18.0. The van der Waals surface area contributed by atoms with E-state index in [1.165, 1.54) is 32.2 Å². The summed E-state index contributed by atoms with van der Waals surface area (Å²) in [5, 5.41) is 0. The highest BCUT2D eigenvalue weighted by atomic mass is 16.5. The quantitative estimate of drug-likeness (QED) is 0.781. The highest BCUT2D eigenvalue weighted by Gasteiger charge is 2.49. The van der Waals surface area contributed by atoms with Gasteiger partial charge in [-0.3, -0.25) is 9.69 Å². The average molecular weight is 357 g/mol. The molecule has 0 aromatic heterocycles. The molecule has 1 saturated carbocycles. The number of amides is 1. The number of ether oxygens (including phenoxy) is 1. The summed E-state index contributed by atoms with van der Waals surface area (Å²) in [5.41, 5.74) is 1.12. The second-order valence-electron chi connectivity index (χ2n) is 8.33. The van der Waals surface area contributed by atoms with Crippen LogP contribution in [-0.4, -0.2) is 60.1 Å². The number of piperidine rings is 1. The molecule has 1 aromatic carbocycles. The fraction of sp³-hybridized carbons (Fsp3) is 0.682. The van der Waals surface area contributed by atoms with E-state index >= 15 is 0 Å². The zero-order valence-corrected chi connectivity index (χ0v) is 16.0. The smallest absolute Gasteiger partial charge is 0.253 e. The van der Waals surface area contributed by atoms with Crippen molar-refractivity contribution in [2.45, 2.75) is 57.0 Å². The van der Waals surface area contributed by atoms with E-state index in [4.69, 9.17) is 4.74 Å². The van der Waals surface area contributed by atoms with E-state index in [0.29, 0.717) is 11.6 Å². The van der Waals surface area contributed by atoms with Crippen molar-refractivity contribution in [2.24, 2.45) is 5.92 Å². The zero-order chi connectivity index (χ0) is 18.0. The second-order valence-corrected chi connectivity index (χ2v) is 8.33. The van der Waals surface area contributed by atoms with Gasteiger partial charge in [0, 0.05) is 43.4 Å². The summed E-state index contributed by atoms with van der Waals surface area (Å²) in [6.07, 6.45) is 7.53. The minimum absolute atomic E-state index is 0.193. The zero-order valence-electron chi connectivity index (χ0n) is 16.0. The molecule has 4 heteroatoms. The first-order chi connectivity index (χ1) is 12.7. The molecule has 0 N–H and O–H groups in total. The Labute approximate surface area is 157 Å². The molecule has 0 unspecified atom stereocenters. The van der Waals surface area contributed by atoms with Crippen LogP contribution in [0.3, 0.4) is 0 Å². The van der Waals surface area contributed by atoms with Gasteiger partial charge in [-0.1, -0.05) is 18.2 Å². The summed E-state index contributed by atoms with van der Waals surface area (Å²) in [6.45, 7) is 6.78. The number of rotatable bonds is 6. The maximum atomic E-state index is 12.8. The van der Waals surface area contributed by atoms with Gasteiger partial charge < -0.3 is 9.64 Å². The number of hydrogen-bond donors (Lipinski definition) is 0. The molecule has 2 heterocycles. The maximum Gasteiger partial charge on any atom is 0.253 e. The van der Waals surface area contributed by atoms with Crippen LogP contribution < -0.4 is 0 Å². The van der Waals surface area contributed by atoms with Crippen LogP contribution in [0.2, 0.25) is 0 Å². The monoisotopic (exact) mass is 356 g/mol. The molecule has 1 aliphatic carbocycles. The van der Waals surface area contributed by atoms with Crippen molar-refractivity contribution < 1.29 is 9.53 Å². The summed E-state index contributed by atoms with van der Waals surface area (Å²) in [4.78, 5) is 17.6. The lowest BCUT2D eigenvalue weighted by Gasteiger charge is -2.47. The maximum absolute atomic E-state index is 12.8. The Hall–Kier alpha value is -1.39. The first-order valence-corrected chi connectivity index (χ1v) is 10.4. The van der Waals surface area contributed by atoms with Gasteiger partial charge in [-0.05, 0) is 63.5 Å². The minimum atomic E-state index is 0.193. The third-order valence-electron chi connectivity index (χ3n) is 6.66. The highest BCUT2D eigenvalue weighted by Crippen LogP contribution is 2.44. The molecule has 1 spiro atoms. The SMILES string of the molecule is CCOC[C@H]1CCC2(CCN(C(=O)c3ccccc3)CC2)N1CC1CC1. The number of carbonyl (C=O) groups excluding carboxylic acids is 1. The fourth-order valence-corrected chi connectivity index (χ4v) is 4.90. The van der Waals surface area contributed by atoms with Crippen LogP contribution in [0.5, 0.6) is 0 Å². The predicted molar refractivity (Wildman–Crippen MR) is 103 cm³/mol. The van der Waals surface area contributed by atoms with Crippen molar-refractivity contribution in [3.63, 3.8) is 0 Å². The Bertz CT molecular complexity index is 606. The normalized spacial score (nSPS) is 25.7. The summed E-state index contributed by atoms with van der Waals surface area (Å²) in [7, 11) is 0. The molecule has 4 nitrogen and oxygen atoms in total. The average Bonchev–Trinajstić information content (AvgIpc) is 3.46. The van der Waals surface area contributed by atoms with E-state index in [9.17, 15) is 4.79 Å². The molecular weight excluding hydrogens is 324 g/mol. The van der Waals surface area contributed by atoms with Gasteiger partial charge in [0.15, 0.2) is 0 Å². The lowest BCUT2D eigenvalue weighted by Crippen LogP contribution is -2.56. The van der Waals surface area contributed by atoms with E-state index in [-0.39, 0.29) is 5.91 Å². The Morgan fingerprint density at radius 3 is 2.50 bits per heavy atom. The summed E-state index contributed by atoms with van der Waals surface area (Å²) in [5.74, 6) is 1.09. The Morgan fingerprint density at radius 2 is 1.85 bits per heavy atom. The first-order valence-electron chi connectivity index (χ1n) is 10.4. The van der Waals surface area contributed by atoms with Gasteiger partial charge in [0.05, 0.1) is 6.61 Å². The Kier molecular flexibility index (Phi) is 5.32. The minimum Gasteiger partial charge on any atom is -0.380 e. The topological polar surface area (TPSA) is 32.8 Å². The standard InChI is InChI=1S/C22H32N2O2/c1-2-26-17-20-10-11-22(24(20)16-18-8-9-18)12-14-23(15-13-22)21(25)19-6-4-3-5-7-19/h3-7,18,20H,2,8-17H2,1H3/t20-/m1/s1. The van der Waals surface area contributed by atoms with Crippen LogP contribution in [0, 0.1) is 5.92 Å². The van der Waals surface area contributed by atoms with Gasteiger partial charge in [0.2, 0.25) is 0 Å². The van der Waals surface area contributed by atoms with Crippen LogP contribution in [0.4, 0.5) is 0 Å². The molecule has 2 saturated heterocycles. The van der Waals surface area contributed by atoms with Gasteiger partial charge in [-0.25, -0.2) is 0 Å². The van der Waals surface area contributed by atoms with Crippen molar-refractivity contribution in [2.75, 3.05) is 32.8 Å². The van der Waals surface area contributed by atoms with Crippen molar-refractivity contribution >= 4 is 5.91 Å². The molecule has 142 valence electrons. The molecule has 1 atom stereocenters. The predicted octanol–water partition coefficient (Wildman–Crippen LogP) is 3.57. The number of carbonyl (C=O) groups is 1. The van der Waals surface area contributed by atoms with Gasteiger partial charge in [0.1, 0.15) is 0 Å². The third kappa shape index (κ3) is 3.67. The van der Waals surface area contributed by atoms with Gasteiger partial charge >= 0.3 is 0 Å². The highest BCUT2D eigenvalue weighted by molar-refractivity contribution is 5.94. The van der Waals surface area contributed by atoms with E-state index in [0.717, 1.165) is 50.6 Å². The van der Waals surface area contributed by atoms with Crippen molar-refractivity contribution in [3.05, 3.63) is 35.9 Å². The third-order valence-corrected chi connectivity index (χ3v) is 6.66. The number of likely N-dealkylation sites (tertiary alicyclic amines) is 2. The Balaban J connectivity index is 1.41. The molecule has 1 amide bonds. The molecule has 3 aliphatic rings. The van der Waals surface area contributed by atoms with Crippen LogP contribution >= 0.6 is 0 Å². The van der Waals surface area contributed by atoms with Crippen LogP contribution in [0.1, 0.15) is 55.8 Å². The lowest BCUT2D eigenvalue weighted by molar-refractivity contribution is 0.00310. The second kappa shape index (κ2) is 7.69. The van der Waals surface area contributed by atoms with E-state index < -0.39 is 0 Å². The van der Waals surface area contributed by atoms with Gasteiger partial charge in [-0.15, -0.1) is 0 Å². The molecule has 4 rings (SSSR count). The van der Waals surface area contributed by atoms with Crippen molar-refractivity contribution in [3.8, 4) is 0 Å². The molecule has 1 aromatic rings. The molecule has 26 heavy (non-hydrogen) atoms. The van der Waals surface area contributed by atoms with Crippen LogP contribution in [0.25, 0.3) is 0 Å². The molecule has 2 aliphatic heterocycles. The summed E-state index contributed by atoms with van der Waals surface area (Å²) in [6, 6.07) is 10.3. The van der Waals surface area contributed by atoms with E-state index in [1.807, 2.05) is 30.3 Å². The van der Waals surface area contributed by atoms with E-state index in [1.54, 1.807) is 0 Å². The van der Waals surface area contributed by atoms with Crippen molar-refractivity contribution in [1.29, 1.82) is 0 Å².